The van der Waals surface area contributed by atoms with Crippen molar-refractivity contribution in [3.8, 4) is 11.6 Å². The van der Waals surface area contributed by atoms with Gasteiger partial charge in [-0.2, -0.15) is 4.98 Å². The van der Waals surface area contributed by atoms with E-state index < -0.39 is 16.6 Å². The Balaban J connectivity index is 1.92. The second kappa shape index (κ2) is 7.48. The van der Waals surface area contributed by atoms with Crippen LogP contribution in [0.25, 0.3) is 0 Å². The summed E-state index contributed by atoms with van der Waals surface area (Å²) in [4.78, 5) is 29.6. The summed E-state index contributed by atoms with van der Waals surface area (Å²) in [7, 11) is 0. The number of aromatic carboxylic acids is 1. The minimum atomic E-state index is -1.07. The molecule has 0 aliphatic rings. The third-order valence-corrected chi connectivity index (χ3v) is 3.60. The van der Waals surface area contributed by atoms with E-state index in [0.29, 0.717) is 11.4 Å². The van der Waals surface area contributed by atoms with Crippen molar-refractivity contribution in [3.63, 3.8) is 0 Å². The van der Waals surface area contributed by atoms with Crippen LogP contribution < -0.4 is 10.1 Å². The van der Waals surface area contributed by atoms with Crippen LogP contribution in [0.15, 0.2) is 54.9 Å². The molecule has 9 heteroatoms. The number of carboxylic acid groups (broad SMARTS) is 1. The number of hydrogen-bond acceptors (Lipinski definition) is 7. The molecule has 0 unspecified atom stereocenters. The van der Waals surface area contributed by atoms with E-state index in [2.05, 4.69) is 15.3 Å². The van der Waals surface area contributed by atoms with Crippen molar-refractivity contribution >= 4 is 23.2 Å². The Morgan fingerprint density at radius 1 is 1.11 bits per heavy atom. The normalized spacial score (nSPS) is 10.3. The predicted molar refractivity (Wildman–Crippen MR) is 96.6 cm³/mol. The van der Waals surface area contributed by atoms with Crippen molar-refractivity contribution in [2.45, 2.75) is 6.92 Å². The largest absolute Gasteiger partial charge is 0.478 e. The fourth-order valence-corrected chi connectivity index (χ4v) is 2.24. The van der Waals surface area contributed by atoms with Gasteiger partial charge in [-0.1, -0.05) is 17.7 Å². The van der Waals surface area contributed by atoms with Gasteiger partial charge in [-0.3, -0.25) is 10.1 Å². The molecule has 0 saturated carbocycles. The molecule has 0 aliphatic heterocycles. The number of rotatable bonds is 6. The number of nitro groups is 1. The zero-order valence-corrected chi connectivity index (χ0v) is 14.1. The first-order valence-corrected chi connectivity index (χ1v) is 7.78. The lowest BCUT2D eigenvalue weighted by atomic mass is 10.2. The number of nitrogens with zero attached hydrogens (tertiary/aromatic N) is 3. The second-order valence-corrected chi connectivity index (χ2v) is 5.56. The molecular weight excluding hydrogens is 352 g/mol. The van der Waals surface area contributed by atoms with Gasteiger partial charge in [0, 0.05) is 5.69 Å². The number of benzene rings is 2. The summed E-state index contributed by atoms with van der Waals surface area (Å²) in [6, 6.07) is 12.7. The molecule has 3 aromatic rings. The molecule has 2 aromatic carbocycles. The quantitative estimate of drug-likeness (QED) is 0.496. The number of aromatic nitrogens is 2. The summed E-state index contributed by atoms with van der Waals surface area (Å²) in [5.74, 6) is -0.939. The first kappa shape index (κ1) is 17.8. The van der Waals surface area contributed by atoms with E-state index >= 15 is 0 Å². The Morgan fingerprint density at radius 2 is 1.78 bits per heavy atom. The Labute approximate surface area is 153 Å². The third kappa shape index (κ3) is 4.15. The summed E-state index contributed by atoms with van der Waals surface area (Å²) in [6.45, 7) is 1.91. The number of hydrogen-bond donors (Lipinski definition) is 2. The van der Waals surface area contributed by atoms with Crippen molar-refractivity contribution < 1.29 is 19.6 Å². The molecule has 136 valence electrons. The van der Waals surface area contributed by atoms with Gasteiger partial charge in [-0.15, -0.1) is 0 Å². The highest BCUT2D eigenvalue weighted by Gasteiger charge is 2.25. The predicted octanol–water partition coefficient (Wildman–Crippen LogP) is 3.93. The average Bonchev–Trinajstić information content (AvgIpc) is 2.64. The monoisotopic (exact) mass is 366 g/mol. The van der Waals surface area contributed by atoms with E-state index in [0.717, 1.165) is 11.9 Å². The van der Waals surface area contributed by atoms with Gasteiger partial charge in [0.25, 0.3) is 0 Å². The smallest absolute Gasteiger partial charge is 0.373 e. The molecule has 0 atom stereocenters. The molecule has 1 aromatic heterocycles. The third-order valence-electron chi connectivity index (χ3n) is 3.60. The Bertz CT molecular complexity index is 988. The van der Waals surface area contributed by atoms with Crippen LogP contribution in [-0.4, -0.2) is 26.0 Å². The van der Waals surface area contributed by atoms with Crippen molar-refractivity contribution in [2.24, 2.45) is 0 Å². The number of ether oxygens (including phenoxy) is 1. The van der Waals surface area contributed by atoms with Gasteiger partial charge in [-0.25, -0.2) is 9.78 Å². The van der Waals surface area contributed by atoms with Crippen molar-refractivity contribution in [3.05, 3.63) is 76.1 Å². The molecule has 0 fully saturated rings. The van der Waals surface area contributed by atoms with Crippen LogP contribution in [0, 0.1) is 17.0 Å². The Hall–Kier alpha value is -4.01. The molecule has 0 bridgehead atoms. The van der Waals surface area contributed by atoms with E-state index in [9.17, 15) is 14.9 Å². The van der Waals surface area contributed by atoms with E-state index in [1.54, 1.807) is 12.1 Å². The molecule has 2 N–H and O–H groups in total. The number of carbonyl (C=O) groups is 1. The van der Waals surface area contributed by atoms with Crippen LogP contribution in [0.4, 0.5) is 17.2 Å². The standard InChI is InChI=1S/C18H14N4O5/c1-11-2-8-14(9-3-11)27-17-15(22(25)26)16(19-10-20-17)21-13-6-4-12(5-7-13)18(23)24/h2-10H,1H3,(H,23,24)(H,19,20,21). The van der Waals surface area contributed by atoms with Crippen molar-refractivity contribution in [1.82, 2.24) is 9.97 Å². The molecule has 3 rings (SSSR count). The lowest BCUT2D eigenvalue weighted by molar-refractivity contribution is -0.385. The SMILES string of the molecule is Cc1ccc(Oc2ncnc(Nc3ccc(C(=O)O)cc3)c2[N+](=O)[O-])cc1. The fourth-order valence-electron chi connectivity index (χ4n) is 2.24. The van der Waals surface area contributed by atoms with Crippen LogP contribution in [-0.2, 0) is 0 Å². The zero-order valence-electron chi connectivity index (χ0n) is 14.1. The molecule has 27 heavy (non-hydrogen) atoms. The molecular formula is C18H14N4O5. The summed E-state index contributed by atoms with van der Waals surface area (Å²) in [5, 5.41) is 23.3. The lowest BCUT2D eigenvalue weighted by Crippen LogP contribution is -2.04. The maximum absolute atomic E-state index is 11.5. The summed E-state index contributed by atoms with van der Waals surface area (Å²) in [5.41, 5.74) is 1.12. The van der Waals surface area contributed by atoms with Crippen LogP contribution in [0.1, 0.15) is 15.9 Å². The summed E-state index contributed by atoms with van der Waals surface area (Å²) in [6.07, 6.45) is 1.14. The minimum Gasteiger partial charge on any atom is -0.478 e. The highest BCUT2D eigenvalue weighted by Crippen LogP contribution is 2.35. The molecule has 0 radical (unpaired) electrons. The van der Waals surface area contributed by atoms with Gasteiger partial charge >= 0.3 is 17.5 Å². The van der Waals surface area contributed by atoms with Crippen LogP contribution >= 0.6 is 0 Å². The molecule has 9 nitrogen and oxygen atoms in total. The maximum atomic E-state index is 11.5. The zero-order chi connectivity index (χ0) is 19.4. The van der Waals surface area contributed by atoms with Gasteiger partial charge in [0.15, 0.2) is 0 Å². The topological polar surface area (TPSA) is 127 Å². The first-order chi connectivity index (χ1) is 12.9. The highest BCUT2D eigenvalue weighted by molar-refractivity contribution is 5.88. The Kier molecular flexibility index (Phi) is 4.93. The van der Waals surface area contributed by atoms with Crippen molar-refractivity contribution in [1.29, 1.82) is 0 Å². The van der Waals surface area contributed by atoms with Gasteiger partial charge in [0.1, 0.15) is 12.1 Å². The van der Waals surface area contributed by atoms with Crippen LogP contribution in [0.2, 0.25) is 0 Å². The lowest BCUT2D eigenvalue weighted by Gasteiger charge is -2.09. The van der Waals surface area contributed by atoms with E-state index in [-0.39, 0.29) is 17.3 Å². The molecule has 0 saturated heterocycles. The highest BCUT2D eigenvalue weighted by atomic mass is 16.6. The second-order valence-electron chi connectivity index (χ2n) is 5.56. The van der Waals surface area contributed by atoms with Crippen LogP contribution in [0.5, 0.6) is 11.6 Å². The van der Waals surface area contributed by atoms with E-state index in [1.165, 1.54) is 24.3 Å². The number of aryl methyl sites for hydroxylation is 1. The first-order valence-electron chi connectivity index (χ1n) is 7.78. The number of anilines is 2. The van der Waals surface area contributed by atoms with Crippen LogP contribution in [0.3, 0.4) is 0 Å². The van der Waals surface area contributed by atoms with E-state index in [1.807, 2.05) is 19.1 Å². The maximum Gasteiger partial charge on any atom is 0.373 e. The van der Waals surface area contributed by atoms with Crippen molar-refractivity contribution in [2.75, 3.05) is 5.32 Å². The number of nitrogens with one attached hydrogen (secondary N) is 1. The van der Waals surface area contributed by atoms with Gasteiger partial charge in [0.05, 0.1) is 10.5 Å². The molecule has 1 heterocycles. The molecule has 0 aliphatic carbocycles. The summed E-state index contributed by atoms with van der Waals surface area (Å²) >= 11 is 0. The minimum absolute atomic E-state index is 0.0693. The fraction of sp³-hybridized carbons (Fsp3) is 0.0556. The summed E-state index contributed by atoms with van der Waals surface area (Å²) < 4.78 is 5.54. The number of carboxylic acids is 1. The Morgan fingerprint density at radius 3 is 2.37 bits per heavy atom. The average molecular weight is 366 g/mol. The van der Waals surface area contributed by atoms with Gasteiger partial charge in [-0.05, 0) is 43.3 Å². The van der Waals surface area contributed by atoms with E-state index in [4.69, 9.17) is 9.84 Å². The van der Waals surface area contributed by atoms with Gasteiger partial charge in [0.2, 0.25) is 5.82 Å². The molecule has 0 amide bonds. The molecule has 0 spiro atoms. The van der Waals surface area contributed by atoms with Gasteiger partial charge < -0.3 is 15.2 Å².